The summed E-state index contributed by atoms with van der Waals surface area (Å²) in [5.74, 6) is -3.52. The van der Waals surface area contributed by atoms with Gasteiger partial charge in [-0.05, 0) is 53.1 Å². The number of aromatic hydroxyl groups is 5. The van der Waals surface area contributed by atoms with Crippen molar-refractivity contribution in [1.82, 2.24) is 0 Å². The summed E-state index contributed by atoms with van der Waals surface area (Å²) in [7, 11) is 2.66. The van der Waals surface area contributed by atoms with Crippen LogP contribution in [-0.2, 0) is 22.4 Å². The van der Waals surface area contributed by atoms with E-state index in [9.17, 15) is 35.1 Å². The molecule has 0 unspecified atom stereocenters. The third-order valence-electron chi connectivity index (χ3n) is 8.32. The first-order chi connectivity index (χ1) is 23.1. The zero-order valence-corrected chi connectivity index (χ0v) is 26.0. The van der Waals surface area contributed by atoms with E-state index >= 15 is 0 Å². The van der Waals surface area contributed by atoms with Crippen molar-refractivity contribution >= 4 is 16.9 Å². The minimum atomic E-state index is -1.04. The van der Waals surface area contributed by atoms with Crippen molar-refractivity contribution in [1.29, 1.82) is 0 Å². The Labute approximate surface area is 273 Å². The fraction of sp³-hybridized carbons (Fsp3) is 0.222. The average molecular weight is 657 g/mol. The van der Waals surface area contributed by atoms with Crippen LogP contribution in [0.1, 0.15) is 34.6 Å². The van der Waals surface area contributed by atoms with Crippen molar-refractivity contribution in [2.75, 3.05) is 27.4 Å². The molecule has 0 saturated carbocycles. The number of esters is 1. The molecule has 1 atom stereocenters. The van der Waals surface area contributed by atoms with E-state index in [-0.39, 0.29) is 23.1 Å². The van der Waals surface area contributed by atoms with Gasteiger partial charge in [0.25, 0.3) is 0 Å². The third-order valence-corrected chi connectivity index (χ3v) is 8.32. The molecule has 0 bridgehead atoms. The van der Waals surface area contributed by atoms with Gasteiger partial charge in [-0.1, -0.05) is 18.2 Å². The van der Waals surface area contributed by atoms with E-state index in [4.69, 9.17) is 23.4 Å². The molecule has 1 aliphatic rings. The number of methoxy groups -OCH3 is 2. The van der Waals surface area contributed by atoms with Gasteiger partial charge < -0.3 is 48.9 Å². The van der Waals surface area contributed by atoms with Gasteiger partial charge in [0.1, 0.15) is 28.2 Å². The molecule has 12 nitrogen and oxygen atoms in total. The summed E-state index contributed by atoms with van der Waals surface area (Å²) in [6.45, 7) is 1.01. The summed E-state index contributed by atoms with van der Waals surface area (Å²) >= 11 is 0. The quantitative estimate of drug-likeness (QED) is 0.0973. The molecule has 248 valence electrons. The normalized spacial score (nSPS) is 12.7. The molecule has 4 aromatic carbocycles. The first-order valence-corrected chi connectivity index (χ1v) is 15.0. The number of hydrogen-bond donors (Lipinski definition) is 5. The Kier molecular flexibility index (Phi) is 8.64. The highest BCUT2D eigenvalue weighted by molar-refractivity contribution is 5.92. The predicted octanol–water partition coefficient (Wildman–Crippen LogP) is 5.25. The van der Waals surface area contributed by atoms with Crippen LogP contribution < -0.4 is 19.6 Å². The minimum absolute atomic E-state index is 0.0106. The van der Waals surface area contributed by atoms with Crippen molar-refractivity contribution < 1.29 is 53.7 Å². The number of rotatable bonds is 10. The largest absolute Gasteiger partial charge is 0.507 e. The second kappa shape index (κ2) is 13.0. The molecule has 0 aliphatic carbocycles. The molecule has 5 aromatic rings. The number of benzene rings is 4. The Morgan fingerprint density at radius 2 is 1.69 bits per heavy atom. The lowest BCUT2D eigenvalue weighted by Gasteiger charge is -2.22. The molecule has 0 spiro atoms. The van der Waals surface area contributed by atoms with Crippen LogP contribution in [0.3, 0.4) is 0 Å². The third kappa shape index (κ3) is 5.95. The SMILES string of the molecule is COC(=O)C[C@@H](c1ccc(OCCc2ccc3c(c2)CCO3)c(OC)c1)c1c(O)cc(O)c2c(=O)c(O)c(-c3ccc(O)c(O)c3)oc12. The van der Waals surface area contributed by atoms with Crippen molar-refractivity contribution in [3.05, 3.63) is 93.1 Å². The maximum absolute atomic E-state index is 13.4. The number of carbonyl (C=O) groups excluding carboxylic acids is 1. The fourth-order valence-corrected chi connectivity index (χ4v) is 5.87. The maximum atomic E-state index is 13.4. The first-order valence-electron chi connectivity index (χ1n) is 15.0. The molecule has 0 saturated heterocycles. The van der Waals surface area contributed by atoms with Crippen molar-refractivity contribution in [2.24, 2.45) is 0 Å². The van der Waals surface area contributed by atoms with Gasteiger partial charge in [0.05, 0.1) is 33.9 Å². The summed E-state index contributed by atoms with van der Waals surface area (Å²) in [6, 6.07) is 15.4. The summed E-state index contributed by atoms with van der Waals surface area (Å²) in [4.78, 5) is 26.1. The summed E-state index contributed by atoms with van der Waals surface area (Å²) < 4.78 is 28.2. The molecule has 1 aliphatic heterocycles. The number of hydrogen-bond acceptors (Lipinski definition) is 12. The highest BCUT2D eigenvalue weighted by Gasteiger charge is 2.30. The van der Waals surface area contributed by atoms with E-state index < -0.39 is 57.2 Å². The van der Waals surface area contributed by atoms with E-state index in [0.29, 0.717) is 36.7 Å². The highest BCUT2D eigenvalue weighted by Crippen LogP contribution is 2.46. The number of ether oxygens (including phenoxy) is 4. The first kappa shape index (κ1) is 31.9. The Bertz CT molecular complexity index is 2100. The lowest BCUT2D eigenvalue weighted by molar-refractivity contribution is -0.140. The monoisotopic (exact) mass is 656 g/mol. The van der Waals surface area contributed by atoms with Gasteiger partial charge in [-0.3, -0.25) is 9.59 Å². The predicted molar refractivity (Wildman–Crippen MR) is 173 cm³/mol. The minimum Gasteiger partial charge on any atom is -0.507 e. The molecule has 0 radical (unpaired) electrons. The van der Waals surface area contributed by atoms with Crippen LogP contribution in [0, 0.1) is 0 Å². The molecule has 6 rings (SSSR count). The van der Waals surface area contributed by atoms with Crippen LogP contribution in [-0.4, -0.2) is 58.9 Å². The molecule has 2 heterocycles. The maximum Gasteiger partial charge on any atom is 0.306 e. The van der Waals surface area contributed by atoms with Gasteiger partial charge in [-0.15, -0.1) is 0 Å². The Morgan fingerprint density at radius 1 is 0.875 bits per heavy atom. The van der Waals surface area contributed by atoms with Crippen LogP contribution in [0.15, 0.2) is 69.9 Å². The molecule has 1 aromatic heterocycles. The van der Waals surface area contributed by atoms with Crippen LogP contribution >= 0.6 is 0 Å². The van der Waals surface area contributed by atoms with Crippen LogP contribution in [0.25, 0.3) is 22.3 Å². The topological polar surface area (TPSA) is 185 Å². The van der Waals surface area contributed by atoms with E-state index in [1.54, 1.807) is 18.2 Å². The van der Waals surface area contributed by atoms with Gasteiger partial charge >= 0.3 is 5.97 Å². The van der Waals surface area contributed by atoms with Gasteiger partial charge in [0, 0.05) is 36.0 Å². The number of fused-ring (bicyclic) bond motifs is 2. The molecule has 12 heteroatoms. The molecule has 5 N–H and O–H groups in total. The van der Waals surface area contributed by atoms with Gasteiger partial charge in [0.2, 0.25) is 11.2 Å². The summed E-state index contributed by atoms with van der Waals surface area (Å²) in [5, 5.41) is 52.0. The van der Waals surface area contributed by atoms with Crippen LogP contribution in [0.4, 0.5) is 0 Å². The fourth-order valence-electron chi connectivity index (χ4n) is 5.87. The van der Waals surface area contributed by atoms with Crippen LogP contribution in [0.5, 0.6) is 46.0 Å². The van der Waals surface area contributed by atoms with Gasteiger partial charge in [-0.2, -0.15) is 0 Å². The van der Waals surface area contributed by atoms with E-state index in [1.807, 2.05) is 12.1 Å². The lowest BCUT2D eigenvalue weighted by atomic mass is 9.86. The molecular formula is C36H32O12. The second-order valence-corrected chi connectivity index (χ2v) is 11.2. The molecule has 0 amide bonds. The zero-order chi connectivity index (χ0) is 34.1. The standard InChI is InChI=1S/C36H32O12/c1-44-29-15-19(5-8-28(29)47-11-9-18-3-7-27-20(13-18)10-12-46-27)22(16-30(41)45-2)31-25(39)17-26(40)32-33(42)34(43)35(48-36(31)32)21-4-6-23(37)24(38)14-21/h3-8,13-15,17,22,37-40,43H,9-12,16H2,1-2H3/t22-/m0/s1. The Morgan fingerprint density at radius 3 is 2.44 bits per heavy atom. The molecular weight excluding hydrogens is 624 g/mol. The molecule has 0 fully saturated rings. The number of phenols is 4. The Balaban J connectivity index is 1.41. The van der Waals surface area contributed by atoms with Gasteiger partial charge in [0.15, 0.2) is 28.8 Å². The Hall–Kier alpha value is -6.04. The van der Waals surface area contributed by atoms with Gasteiger partial charge in [-0.25, -0.2) is 0 Å². The lowest BCUT2D eigenvalue weighted by Crippen LogP contribution is -2.13. The second-order valence-electron chi connectivity index (χ2n) is 11.2. The number of carbonyl (C=O) groups is 1. The number of phenolic OH excluding ortho intramolecular Hbond substituents is 4. The smallest absolute Gasteiger partial charge is 0.306 e. The summed E-state index contributed by atoms with van der Waals surface area (Å²) in [6.07, 6.45) is 1.16. The van der Waals surface area contributed by atoms with Crippen molar-refractivity contribution in [3.63, 3.8) is 0 Å². The summed E-state index contributed by atoms with van der Waals surface area (Å²) in [5.41, 5.74) is 1.28. The average Bonchev–Trinajstić information content (AvgIpc) is 3.55. The molecule has 48 heavy (non-hydrogen) atoms. The van der Waals surface area contributed by atoms with Crippen LogP contribution in [0.2, 0.25) is 0 Å². The van der Waals surface area contributed by atoms with E-state index in [2.05, 4.69) is 6.07 Å². The van der Waals surface area contributed by atoms with Crippen molar-refractivity contribution in [3.8, 4) is 57.3 Å². The van der Waals surface area contributed by atoms with E-state index in [1.165, 1.54) is 20.3 Å². The highest BCUT2D eigenvalue weighted by atomic mass is 16.5. The zero-order valence-electron chi connectivity index (χ0n) is 26.0. The van der Waals surface area contributed by atoms with E-state index in [0.717, 1.165) is 41.5 Å². The van der Waals surface area contributed by atoms with Crippen molar-refractivity contribution in [2.45, 2.75) is 25.2 Å².